The highest BCUT2D eigenvalue weighted by Gasteiger charge is 2.69. The average Bonchev–Trinajstić information content (AvgIpc) is 2.69. The van der Waals surface area contributed by atoms with E-state index in [4.69, 9.17) is 0 Å². The quantitative estimate of drug-likeness (QED) is 0.389. The van der Waals surface area contributed by atoms with Gasteiger partial charge in [-0.2, -0.15) is 0 Å². The van der Waals surface area contributed by atoms with Crippen molar-refractivity contribution in [1.29, 1.82) is 0 Å². The first-order chi connectivity index (χ1) is 14.3. The van der Waals surface area contributed by atoms with Gasteiger partial charge in [0, 0.05) is 0 Å². The number of aliphatic hydroxyl groups is 1. The van der Waals surface area contributed by atoms with Crippen molar-refractivity contribution in [1.82, 2.24) is 0 Å². The molecule has 0 heterocycles. The Morgan fingerprint density at radius 2 is 1.48 bits per heavy atom. The Balaban J connectivity index is 1.54. The lowest BCUT2D eigenvalue weighted by Gasteiger charge is -2.73. The molecule has 1 heteroatoms. The molecule has 10 atom stereocenters. The summed E-state index contributed by atoms with van der Waals surface area (Å²) in [5, 5.41) is 10.9. The Hall–Kier alpha value is -0.300. The van der Waals surface area contributed by atoms with Crippen LogP contribution in [-0.2, 0) is 0 Å². The average molecular weight is 427 g/mol. The highest BCUT2D eigenvalue weighted by molar-refractivity contribution is 5.21. The lowest BCUT2D eigenvalue weighted by atomic mass is 9.31. The Labute approximate surface area is 192 Å². The predicted molar refractivity (Wildman–Crippen MR) is 131 cm³/mol. The predicted octanol–water partition coefficient (Wildman–Crippen LogP) is 8.02. The molecule has 0 aromatic rings. The highest BCUT2D eigenvalue weighted by atomic mass is 16.3. The molecular weight excluding hydrogens is 376 g/mol. The molecule has 0 aromatic carbocycles. The van der Waals surface area contributed by atoms with E-state index < -0.39 is 0 Å². The largest absolute Gasteiger partial charge is 0.393 e. The normalized spacial score (nSPS) is 58.5. The van der Waals surface area contributed by atoms with E-state index in [0.717, 1.165) is 24.2 Å². The lowest BCUT2D eigenvalue weighted by molar-refractivity contribution is -0.251. The molecule has 5 aliphatic rings. The third-order valence-corrected chi connectivity index (χ3v) is 13.6. The topological polar surface area (TPSA) is 20.2 Å². The molecular formula is C30H50O. The molecule has 1 nitrogen and oxygen atoms in total. The second-order valence-electron chi connectivity index (χ2n) is 14.7. The summed E-state index contributed by atoms with van der Waals surface area (Å²) in [5.74, 6) is 3.88. The molecule has 176 valence electrons. The van der Waals surface area contributed by atoms with Gasteiger partial charge in [0.15, 0.2) is 0 Å². The van der Waals surface area contributed by atoms with E-state index in [-0.39, 0.29) is 11.5 Å². The van der Waals surface area contributed by atoms with Gasteiger partial charge < -0.3 is 5.11 Å². The van der Waals surface area contributed by atoms with Crippen LogP contribution < -0.4 is 0 Å². The zero-order valence-corrected chi connectivity index (χ0v) is 21.7. The van der Waals surface area contributed by atoms with E-state index in [1.807, 2.05) is 0 Å². The molecule has 0 saturated heterocycles. The van der Waals surface area contributed by atoms with E-state index in [1.54, 1.807) is 0 Å². The van der Waals surface area contributed by atoms with Crippen LogP contribution in [0.5, 0.6) is 0 Å². The van der Waals surface area contributed by atoms with Gasteiger partial charge in [0.05, 0.1) is 6.10 Å². The van der Waals surface area contributed by atoms with Gasteiger partial charge in [0.1, 0.15) is 0 Å². The molecule has 2 unspecified atom stereocenters. The molecule has 0 aromatic heterocycles. The van der Waals surface area contributed by atoms with Gasteiger partial charge in [-0.05, 0) is 121 Å². The van der Waals surface area contributed by atoms with Gasteiger partial charge >= 0.3 is 0 Å². The van der Waals surface area contributed by atoms with Crippen LogP contribution in [0.3, 0.4) is 0 Å². The zero-order valence-electron chi connectivity index (χ0n) is 21.7. The Kier molecular flexibility index (Phi) is 4.82. The molecule has 5 rings (SSSR count). The Morgan fingerprint density at radius 3 is 2.19 bits per heavy atom. The molecule has 0 aliphatic heterocycles. The van der Waals surface area contributed by atoms with E-state index in [0.29, 0.717) is 33.5 Å². The second kappa shape index (κ2) is 6.64. The maximum absolute atomic E-state index is 10.9. The van der Waals surface area contributed by atoms with Gasteiger partial charge in [0.25, 0.3) is 0 Å². The minimum atomic E-state index is -0.119. The third-order valence-electron chi connectivity index (χ3n) is 13.6. The summed E-state index contributed by atoms with van der Waals surface area (Å²) >= 11 is 0. The molecule has 5 aliphatic carbocycles. The number of aliphatic hydroxyl groups excluding tert-OH is 1. The van der Waals surface area contributed by atoms with Crippen LogP contribution in [0.2, 0.25) is 0 Å². The Morgan fingerprint density at radius 1 is 0.774 bits per heavy atom. The summed E-state index contributed by atoms with van der Waals surface area (Å²) in [6.45, 7) is 22.6. The number of hydrogen-bond donors (Lipinski definition) is 1. The monoisotopic (exact) mass is 426 g/mol. The fourth-order valence-corrected chi connectivity index (χ4v) is 11.4. The maximum atomic E-state index is 10.9. The lowest BCUT2D eigenvalue weighted by Crippen LogP contribution is -2.67. The van der Waals surface area contributed by atoms with Gasteiger partial charge in [-0.1, -0.05) is 60.6 Å². The van der Waals surface area contributed by atoms with E-state index in [9.17, 15) is 5.11 Å². The molecule has 31 heavy (non-hydrogen) atoms. The van der Waals surface area contributed by atoms with Crippen molar-refractivity contribution < 1.29 is 5.11 Å². The van der Waals surface area contributed by atoms with Crippen molar-refractivity contribution >= 4 is 0 Å². The first kappa shape index (κ1) is 22.5. The molecule has 5 saturated carbocycles. The number of rotatable bonds is 0. The van der Waals surface area contributed by atoms with E-state index in [2.05, 4.69) is 55.0 Å². The van der Waals surface area contributed by atoms with E-state index >= 15 is 0 Å². The first-order valence-electron chi connectivity index (χ1n) is 13.7. The summed E-state index contributed by atoms with van der Waals surface area (Å²) in [5.41, 5.74) is 3.43. The van der Waals surface area contributed by atoms with Crippen molar-refractivity contribution in [2.24, 2.45) is 56.7 Å². The van der Waals surface area contributed by atoms with Crippen molar-refractivity contribution in [3.8, 4) is 0 Å². The number of allylic oxidation sites excluding steroid dienone is 1. The van der Waals surface area contributed by atoms with Gasteiger partial charge in [-0.3, -0.25) is 0 Å². The van der Waals surface area contributed by atoms with Crippen LogP contribution in [-0.4, -0.2) is 11.2 Å². The molecule has 0 radical (unpaired) electrons. The number of hydrogen-bond acceptors (Lipinski definition) is 1. The van der Waals surface area contributed by atoms with Crippen molar-refractivity contribution in [2.75, 3.05) is 0 Å². The van der Waals surface area contributed by atoms with Crippen molar-refractivity contribution in [3.63, 3.8) is 0 Å². The fraction of sp³-hybridized carbons (Fsp3) is 0.933. The van der Waals surface area contributed by atoms with Crippen LogP contribution >= 0.6 is 0 Å². The minimum absolute atomic E-state index is 0.0623. The SMILES string of the molecule is C=C1CC[C@]2(C)CC[C@]3(C)[C@H](CC[C@@H]4[C@@]5(C)CC[C@H](O)C(C)(C)C5CC[C@]43C)[C@@H]2C1C. The first-order valence-corrected chi connectivity index (χ1v) is 13.7. The van der Waals surface area contributed by atoms with Crippen molar-refractivity contribution in [3.05, 3.63) is 12.2 Å². The molecule has 5 fully saturated rings. The van der Waals surface area contributed by atoms with Crippen LogP contribution in [0.4, 0.5) is 0 Å². The van der Waals surface area contributed by atoms with E-state index in [1.165, 1.54) is 63.4 Å². The van der Waals surface area contributed by atoms with Crippen LogP contribution in [0.15, 0.2) is 12.2 Å². The zero-order chi connectivity index (χ0) is 22.6. The van der Waals surface area contributed by atoms with Gasteiger partial charge in [-0.25, -0.2) is 0 Å². The summed E-state index contributed by atoms with van der Waals surface area (Å²) in [6, 6.07) is 0. The van der Waals surface area contributed by atoms with Crippen LogP contribution in [0.1, 0.15) is 113 Å². The van der Waals surface area contributed by atoms with Gasteiger partial charge in [0.2, 0.25) is 0 Å². The Bertz CT molecular complexity index is 766. The van der Waals surface area contributed by atoms with Crippen LogP contribution in [0.25, 0.3) is 0 Å². The standard InChI is InChI=1S/C30H50O/c1-19-11-14-27(5)17-18-29(7)21(25(27)20(19)2)9-10-23-28(6)15-13-24(31)26(3,4)22(28)12-16-30(23,29)8/h20-25,31H,1,9-18H2,2-8H3/t20?,21-,22?,23-,24+,25+,27-,28+,29-,30-/m1/s1. The molecule has 0 bridgehead atoms. The van der Waals surface area contributed by atoms with Crippen LogP contribution in [0, 0.1) is 56.7 Å². The van der Waals surface area contributed by atoms with Gasteiger partial charge in [-0.15, -0.1) is 0 Å². The summed E-state index contributed by atoms with van der Waals surface area (Å²) in [4.78, 5) is 0. The summed E-state index contributed by atoms with van der Waals surface area (Å²) in [7, 11) is 0. The maximum Gasteiger partial charge on any atom is 0.0594 e. The molecule has 0 amide bonds. The summed E-state index contributed by atoms with van der Waals surface area (Å²) < 4.78 is 0. The third kappa shape index (κ3) is 2.65. The summed E-state index contributed by atoms with van der Waals surface area (Å²) in [6.07, 6.45) is 13.2. The van der Waals surface area contributed by atoms with Crippen molar-refractivity contribution in [2.45, 2.75) is 119 Å². The second-order valence-corrected chi connectivity index (χ2v) is 14.7. The highest BCUT2D eigenvalue weighted by Crippen LogP contribution is 2.76. The fourth-order valence-electron chi connectivity index (χ4n) is 11.4. The minimum Gasteiger partial charge on any atom is -0.393 e. The molecule has 1 N–H and O–H groups in total. The smallest absolute Gasteiger partial charge is 0.0594 e. The molecule has 0 spiro atoms. The number of fused-ring (bicyclic) bond motifs is 7.